The molecule has 1 atom stereocenters. The third-order valence-corrected chi connectivity index (χ3v) is 4.45. The summed E-state index contributed by atoms with van der Waals surface area (Å²) in [4.78, 5) is 24.0. The quantitative estimate of drug-likeness (QED) is 0.854. The van der Waals surface area contributed by atoms with Crippen LogP contribution in [0.5, 0.6) is 0 Å². The Morgan fingerprint density at radius 1 is 1.41 bits per heavy atom. The van der Waals surface area contributed by atoms with Crippen LogP contribution >= 0.6 is 27.5 Å². The maximum atomic E-state index is 12.5. The lowest BCUT2D eigenvalue weighted by atomic mass is 9.99. The molecule has 0 aliphatic carbocycles. The van der Waals surface area contributed by atoms with E-state index >= 15 is 0 Å². The van der Waals surface area contributed by atoms with E-state index in [4.69, 9.17) is 11.6 Å². The molecule has 0 aliphatic heterocycles. The molecule has 0 saturated carbocycles. The molecule has 0 saturated heterocycles. The van der Waals surface area contributed by atoms with Gasteiger partial charge in [-0.25, -0.2) is 14.3 Å². The number of carboxylic acids is 1. The number of carbonyl (C=O) groups is 1. The van der Waals surface area contributed by atoms with Gasteiger partial charge in [-0.3, -0.25) is 4.57 Å². The zero-order valence-corrected chi connectivity index (χ0v) is 14.4. The number of hydrogen-bond acceptors (Lipinski definition) is 3. The smallest absolute Gasteiger partial charge is 0.347 e. The maximum Gasteiger partial charge on any atom is 0.347 e. The fraction of sp³-hybridized carbons (Fsp3) is 0.357. The predicted molar refractivity (Wildman–Crippen MR) is 86.3 cm³/mol. The second-order valence-corrected chi connectivity index (χ2v) is 6.25. The number of hydrogen-bond donors (Lipinski definition) is 1. The Balaban J connectivity index is 2.45. The predicted octanol–water partition coefficient (Wildman–Crippen LogP) is 2.72. The first-order chi connectivity index (χ1) is 10.3. The molecule has 2 aromatic rings. The van der Waals surface area contributed by atoms with Gasteiger partial charge in [0, 0.05) is 5.02 Å². The molecular formula is C14H15BrClN3O3. The molecule has 0 spiro atoms. The summed E-state index contributed by atoms with van der Waals surface area (Å²) in [7, 11) is 0. The molecule has 0 aliphatic rings. The first-order valence-electron chi connectivity index (χ1n) is 6.63. The Hall–Kier alpha value is -1.60. The lowest BCUT2D eigenvalue weighted by Crippen LogP contribution is -2.45. The van der Waals surface area contributed by atoms with Crippen LogP contribution in [0, 0.1) is 0 Å². The molecule has 6 nitrogen and oxygen atoms in total. The summed E-state index contributed by atoms with van der Waals surface area (Å²) in [5.74, 6) is -1.08. The van der Waals surface area contributed by atoms with Gasteiger partial charge in [-0.2, -0.15) is 0 Å². The third-order valence-electron chi connectivity index (χ3n) is 3.69. The zero-order valence-electron chi connectivity index (χ0n) is 12.1. The molecule has 1 aromatic carbocycles. The third kappa shape index (κ3) is 2.96. The van der Waals surface area contributed by atoms with Crippen molar-refractivity contribution in [2.45, 2.75) is 32.4 Å². The summed E-state index contributed by atoms with van der Waals surface area (Å²) >= 11 is 9.01. The van der Waals surface area contributed by atoms with Gasteiger partial charge in [-0.1, -0.05) is 30.7 Å². The van der Waals surface area contributed by atoms with Crippen LogP contribution in [0.15, 0.2) is 33.8 Å². The summed E-state index contributed by atoms with van der Waals surface area (Å²) < 4.78 is 2.58. The van der Waals surface area contributed by atoms with E-state index in [1.54, 1.807) is 31.2 Å². The maximum absolute atomic E-state index is 12.5. The molecule has 8 heteroatoms. The van der Waals surface area contributed by atoms with Crippen LogP contribution in [0.25, 0.3) is 0 Å². The standard InChI is InChI=1S/C14H15BrClN3O3/c1-3-14(2,11(20)21)19-12(15)17-18(13(19)22)8-9-4-6-10(16)7-5-9/h4-7H,3,8H2,1-2H3,(H,20,21). The molecule has 0 fully saturated rings. The van der Waals surface area contributed by atoms with E-state index in [1.807, 2.05) is 0 Å². The van der Waals surface area contributed by atoms with Crippen LogP contribution in [-0.2, 0) is 16.9 Å². The van der Waals surface area contributed by atoms with Crippen molar-refractivity contribution in [2.75, 3.05) is 0 Å². The number of benzene rings is 1. The van der Waals surface area contributed by atoms with Gasteiger partial charge in [-0.15, -0.1) is 5.10 Å². The SMILES string of the molecule is CCC(C)(C(=O)O)n1c(Br)nn(Cc2ccc(Cl)cc2)c1=O. The topological polar surface area (TPSA) is 77.1 Å². The van der Waals surface area contributed by atoms with Crippen LogP contribution < -0.4 is 5.69 Å². The highest BCUT2D eigenvalue weighted by Crippen LogP contribution is 2.23. The van der Waals surface area contributed by atoms with E-state index < -0.39 is 17.2 Å². The van der Waals surface area contributed by atoms with Gasteiger partial charge in [0.2, 0.25) is 4.73 Å². The van der Waals surface area contributed by atoms with E-state index in [-0.39, 0.29) is 17.7 Å². The number of nitrogens with zero attached hydrogens (tertiary/aromatic N) is 3. The van der Waals surface area contributed by atoms with E-state index in [0.29, 0.717) is 5.02 Å². The molecule has 118 valence electrons. The number of aliphatic carboxylic acids is 1. The highest BCUT2D eigenvalue weighted by Gasteiger charge is 2.37. The van der Waals surface area contributed by atoms with Gasteiger partial charge in [-0.05, 0) is 47.0 Å². The lowest BCUT2D eigenvalue weighted by Gasteiger charge is -2.23. The molecule has 1 aromatic heterocycles. The largest absolute Gasteiger partial charge is 0.479 e. The van der Waals surface area contributed by atoms with Gasteiger partial charge in [0.25, 0.3) is 0 Å². The summed E-state index contributed by atoms with van der Waals surface area (Å²) in [6.07, 6.45) is 0.257. The average molecular weight is 389 g/mol. The highest BCUT2D eigenvalue weighted by atomic mass is 79.9. The lowest BCUT2D eigenvalue weighted by molar-refractivity contribution is -0.147. The summed E-state index contributed by atoms with van der Waals surface area (Å²) in [5.41, 5.74) is -0.987. The molecule has 2 rings (SSSR count). The van der Waals surface area contributed by atoms with Gasteiger partial charge in [0.05, 0.1) is 6.54 Å². The highest BCUT2D eigenvalue weighted by molar-refractivity contribution is 9.10. The van der Waals surface area contributed by atoms with Crippen LogP contribution in [0.1, 0.15) is 25.8 Å². The van der Waals surface area contributed by atoms with Crippen LogP contribution in [0.3, 0.4) is 0 Å². The zero-order chi connectivity index (χ0) is 16.5. The Morgan fingerprint density at radius 3 is 2.50 bits per heavy atom. The van der Waals surface area contributed by atoms with E-state index in [0.717, 1.165) is 10.1 Å². The van der Waals surface area contributed by atoms with E-state index in [1.165, 1.54) is 11.6 Å². The molecular weight excluding hydrogens is 374 g/mol. The summed E-state index contributed by atoms with van der Waals surface area (Å²) in [5, 5.41) is 14.1. The van der Waals surface area contributed by atoms with Crippen molar-refractivity contribution in [1.29, 1.82) is 0 Å². The fourth-order valence-electron chi connectivity index (χ4n) is 2.07. The minimum absolute atomic E-state index is 0.193. The van der Waals surface area contributed by atoms with Crippen LogP contribution in [-0.4, -0.2) is 25.4 Å². The van der Waals surface area contributed by atoms with Crippen molar-refractivity contribution >= 4 is 33.5 Å². The van der Waals surface area contributed by atoms with Crippen molar-refractivity contribution in [3.8, 4) is 0 Å². The number of aromatic nitrogens is 3. The van der Waals surface area contributed by atoms with Gasteiger partial charge < -0.3 is 5.11 Å². The summed E-state index contributed by atoms with van der Waals surface area (Å²) in [6, 6.07) is 7.03. The number of rotatable bonds is 5. The normalized spacial score (nSPS) is 13.8. The Bertz CT molecular complexity index is 754. The minimum atomic E-state index is -1.35. The molecule has 0 radical (unpaired) electrons. The number of carboxylic acid groups (broad SMARTS) is 1. The number of halogens is 2. The van der Waals surface area contributed by atoms with E-state index in [9.17, 15) is 14.7 Å². The molecule has 0 bridgehead atoms. The van der Waals surface area contributed by atoms with Crippen molar-refractivity contribution in [3.63, 3.8) is 0 Å². The van der Waals surface area contributed by atoms with Gasteiger partial charge in [0.15, 0.2) is 0 Å². The Kier molecular flexibility index (Phi) is 4.77. The van der Waals surface area contributed by atoms with Crippen molar-refractivity contribution in [2.24, 2.45) is 0 Å². The Labute approximate surface area is 140 Å². The van der Waals surface area contributed by atoms with Crippen molar-refractivity contribution in [1.82, 2.24) is 14.3 Å². The molecule has 1 heterocycles. The van der Waals surface area contributed by atoms with Gasteiger partial charge in [0.1, 0.15) is 5.54 Å². The second-order valence-electron chi connectivity index (χ2n) is 5.10. The van der Waals surface area contributed by atoms with Crippen LogP contribution in [0.4, 0.5) is 0 Å². The van der Waals surface area contributed by atoms with E-state index in [2.05, 4.69) is 21.0 Å². The molecule has 0 amide bonds. The molecule has 1 N–H and O–H groups in total. The monoisotopic (exact) mass is 387 g/mol. The minimum Gasteiger partial charge on any atom is -0.479 e. The molecule has 1 unspecified atom stereocenters. The molecule has 22 heavy (non-hydrogen) atoms. The summed E-state index contributed by atoms with van der Waals surface area (Å²) in [6.45, 7) is 3.44. The van der Waals surface area contributed by atoms with Crippen molar-refractivity contribution < 1.29 is 9.90 Å². The first kappa shape index (κ1) is 16.8. The van der Waals surface area contributed by atoms with Crippen molar-refractivity contribution in [3.05, 3.63) is 50.1 Å². The second kappa shape index (κ2) is 6.26. The average Bonchev–Trinajstić information content (AvgIpc) is 2.75. The van der Waals surface area contributed by atoms with Gasteiger partial charge >= 0.3 is 11.7 Å². The fourth-order valence-corrected chi connectivity index (χ4v) is 2.93. The van der Waals surface area contributed by atoms with Crippen LogP contribution in [0.2, 0.25) is 5.02 Å². The first-order valence-corrected chi connectivity index (χ1v) is 7.80. The Morgan fingerprint density at radius 2 is 2.00 bits per heavy atom.